The lowest BCUT2D eigenvalue weighted by atomic mass is 10.4. The minimum absolute atomic E-state index is 0.0320. The zero-order valence-electron chi connectivity index (χ0n) is 7.57. The summed E-state index contributed by atoms with van der Waals surface area (Å²) < 4.78 is 35.1. The van der Waals surface area contributed by atoms with E-state index in [1.807, 2.05) is 18.9 Å². The molecule has 0 aliphatic carbocycles. The van der Waals surface area contributed by atoms with E-state index in [-0.39, 0.29) is 17.5 Å². The third-order valence-corrected chi connectivity index (χ3v) is 2.31. The zero-order chi connectivity index (χ0) is 10.5. The Kier molecular flexibility index (Phi) is 6.41. The first-order valence-electron chi connectivity index (χ1n) is 3.84. The maximum Gasteiger partial charge on any atom is 0.441 e. The number of alkyl halides is 4. The molecule has 0 aromatic rings. The monoisotopic (exact) mass is 279 g/mol. The Balaban J connectivity index is 3.42. The molecule has 1 atom stereocenters. The summed E-state index contributed by atoms with van der Waals surface area (Å²) in [5, 5.41) is 0. The summed E-state index contributed by atoms with van der Waals surface area (Å²) in [5.74, 6) is 0.0969. The van der Waals surface area contributed by atoms with Crippen LogP contribution in [0.3, 0.4) is 0 Å². The van der Waals surface area contributed by atoms with Gasteiger partial charge in [-0.05, 0) is 18.8 Å². The van der Waals surface area contributed by atoms with Gasteiger partial charge < -0.3 is 4.90 Å². The fourth-order valence-electron chi connectivity index (χ4n) is 0.838. The van der Waals surface area contributed by atoms with Crippen LogP contribution in [0.15, 0.2) is 0 Å². The average molecular weight is 280 g/mol. The molecule has 0 rings (SSSR count). The van der Waals surface area contributed by atoms with Gasteiger partial charge in [-0.2, -0.15) is 13.2 Å². The van der Waals surface area contributed by atoms with Gasteiger partial charge in [0.15, 0.2) is 0 Å². The minimum atomic E-state index is -4.10. The lowest BCUT2D eigenvalue weighted by Gasteiger charge is -2.17. The van der Waals surface area contributed by atoms with Gasteiger partial charge in [-0.3, -0.25) is 0 Å². The van der Waals surface area contributed by atoms with Gasteiger partial charge in [0, 0.05) is 23.7 Å². The minimum Gasteiger partial charge on any atom is -0.304 e. The van der Waals surface area contributed by atoms with Gasteiger partial charge in [0.25, 0.3) is 0 Å². The molecule has 0 saturated heterocycles. The van der Waals surface area contributed by atoms with Gasteiger partial charge in [0.05, 0.1) is 0 Å². The van der Waals surface area contributed by atoms with Gasteiger partial charge >= 0.3 is 5.51 Å². The third-order valence-electron chi connectivity index (χ3n) is 1.30. The number of nitrogens with zero attached hydrogens (tertiary/aromatic N) is 1. The van der Waals surface area contributed by atoms with Crippen LogP contribution in [0.5, 0.6) is 0 Å². The standard InChI is InChI=1S/C7H13BrF3NS/c1-6(8)5-12(2)3-4-13-7(9,10)11/h6H,3-5H2,1-2H3. The highest BCUT2D eigenvalue weighted by Crippen LogP contribution is 2.29. The van der Waals surface area contributed by atoms with Crippen LogP contribution in [-0.2, 0) is 0 Å². The third kappa shape index (κ3) is 10.5. The van der Waals surface area contributed by atoms with Crippen molar-refractivity contribution in [3.8, 4) is 0 Å². The zero-order valence-corrected chi connectivity index (χ0v) is 9.97. The maximum atomic E-state index is 11.7. The van der Waals surface area contributed by atoms with Crippen LogP contribution in [0, 0.1) is 0 Å². The first kappa shape index (κ1) is 13.6. The quantitative estimate of drug-likeness (QED) is 0.712. The first-order valence-corrected chi connectivity index (χ1v) is 5.74. The SMILES string of the molecule is CC(Br)CN(C)CCSC(F)(F)F. The van der Waals surface area contributed by atoms with E-state index >= 15 is 0 Å². The summed E-state index contributed by atoms with van der Waals surface area (Å²) in [5.41, 5.74) is -4.10. The summed E-state index contributed by atoms with van der Waals surface area (Å²) in [6, 6.07) is 0. The average Bonchev–Trinajstić information content (AvgIpc) is 1.81. The van der Waals surface area contributed by atoms with E-state index < -0.39 is 5.51 Å². The predicted octanol–water partition coefficient (Wildman–Crippen LogP) is 2.95. The van der Waals surface area contributed by atoms with Crippen LogP contribution >= 0.6 is 27.7 Å². The van der Waals surface area contributed by atoms with E-state index in [1.54, 1.807) is 0 Å². The summed E-state index contributed by atoms with van der Waals surface area (Å²) in [4.78, 5) is 2.19. The Morgan fingerprint density at radius 1 is 1.46 bits per heavy atom. The molecule has 0 aliphatic rings. The van der Waals surface area contributed by atoms with Crippen LogP contribution in [-0.4, -0.2) is 41.1 Å². The molecule has 80 valence electrons. The molecule has 1 nitrogen and oxygen atoms in total. The molecule has 6 heteroatoms. The Morgan fingerprint density at radius 2 is 2.00 bits per heavy atom. The van der Waals surface area contributed by atoms with Crippen molar-refractivity contribution in [2.45, 2.75) is 17.3 Å². The molecule has 0 spiro atoms. The van der Waals surface area contributed by atoms with Crippen molar-refractivity contribution in [2.24, 2.45) is 0 Å². The molecule has 1 unspecified atom stereocenters. The van der Waals surface area contributed by atoms with Crippen molar-refractivity contribution < 1.29 is 13.2 Å². The Morgan fingerprint density at radius 3 is 2.38 bits per heavy atom. The molecule has 0 N–H and O–H groups in total. The number of rotatable bonds is 5. The van der Waals surface area contributed by atoms with Crippen molar-refractivity contribution in [2.75, 3.05) is 25.9 Å². The first-order chi connectivity index (χ1) is 5.81. The molecule has 0 radical (unpaired) electrons. The molecule has 0 fully saturated rings. The van der Waals surface area contributed by atoms with E-state index in [2.05, 4.69) is 15.9 Å². The van der Waals surface area contributed by atoms with Crippen molar-refractivity contribution in [3.05, 3.63) is 0 Å². The second kappa shape index (κ2) is 6.14. The number of hydrogen-bond donors (Lipinski definition) is 0. The summed E-state index contributed by atoms with van der Waals surface area (Å²) in [6.45, 7) is 3.19. The molecule has 0 amide bonds. The van der Waals surface area contributed by atoms with Crippen LogP contribution in [0.2, 0.25) is 0 Å². The Labute approximate surface area is 89.2 Å². The molecule has 0 aromatic carbocycles. The molecule has 0 bridgehead atoms. The molecule has 0 aliphatic heterocycles. The highest BCUT2D eigenvalue weighted by Gasteiger charge is 2.27. The largest absolute Gasteiger partial charge is 0.441 e. The number of thioether (sulfide) groups is 1. The molecule has 0 aromatic heterocycles. The summed E-state index contributed by atoms with van der Waals surface area (Å²) >= 11 is 3.37. The van der Waals surface area contributed by atoms with Crippen LogP contribution in [0.4, 0.5) is 13.2 Å². The lowest BCUT2D eigenvalue weighted by Crippen LogP contribution is -2.27. The van der Waals surface area contributed by atoms with E-state index in [0.717, 1.165) is 6.54 Å². The van der Waals surface area contributed by atoms with E-state index in [1.165, 1.54) is 0 Å². The fraction of sp³-hybridized carbons (Fsp3) is 1.00. The summed E-state index contributed by atoms with van der Waals surface area (Å²) in [7, 11) is 1.81. The second-order valence-corrected chi connectivity index (χ2v) is 5.56. The maximum absolute atomic E-state index is 11.7. The lowest BCUT2D eigenvalue weighted by molar-refractivity contribution is -0.0328. The van der Waals surface area contributed by atoms with Gasteiger partial charge in [0.2, 0.25) is 0 Å². The normalized spacial score (nSPS) is 15.0. The van der Waals surface area contributed by atoms with Crippen molar-refractivity contribution in [1.29, 1.82) is 0 Å². The van der Waals surface area contributed by atoms with Crippen LogP contribution < -0.4 is 0 Å². The van der Waals surface area contributed by atoms with Gasteiger partial charge in [-0.15, -0.1) is 0 Å². The van der Waals surface area contributed by atoms with Crippen molar-refractivity contribution in [1.82, 2.24) is 4.90 Å². The van der Waals surface area contributed by atoms with Crippen LogP contribution in [0.25, 0.3) is 0 Å². The van der Waals surface area contributed by atoms with Gasteiger partial charge in [0.1, 0.15) is 0 Å². The molecular weight excluding hydrogens is 267 g/mol. The van der Waals surface area contributed by atoms with Crippen LogP contribution in [0.1, 0.15) is 6.92 Å². The number of hydrogen-bond acceptors (Lipinski definition) is 2. The molecule has 13 heavy (non-hydrogen) atoms. The molecular formula is C7H13BrF3NS. The van der Waals surface area contributed by atoms with Gasteiger partial charge in [-0.1, -0.05) is 22.9 Å². The van der Waals surface area contributed by atoms with Crippen molar-refractivity contribution in [3.63, 3.8) is 0 Å². The van der Waals surface area contributed by atoms with Crippen molar-refractivity contribution >= 4 is 27.7 Å². The number of halogens is 4. The van der Waals surface area contributed by atoms with E-state index in [4.69, 9.17) is 0 Å². The Hall–Kier alpha value is 0.580. The Bertz CT molecular complexity index is 140. The van der Waals surface area contributed by atoms with Gasteiger partial charge in [-0.25, -0.2) is 0 Å². The smallest absolute Gasteiger partial charge is 0.304 e. The summed E-state index contributed by atoms with van der Waals surface area (Å²) in [6.07, 6.45) is 0. The predicted molar refractivity (Wildman–Crippen MR) is 54.4 cm³/mol. The molecule has 0 saturated carbocycles. The molecule has 0 heterocycles. The fourth-order valence-corrected chi connectivity index (χ4v) is 1.97. The van der Waals surface area contributed by atoms with E-state index in [0.29, 0.717) is 11.4 Å². The highest BCUT2D eigenvalue weighted by atomic mass is 79.9. The second-order valence-electron chi connectivity index (χ2n) is 2.84. The van der Waals surface area contributed by atoms with E-state index in [9.17, 15) is 13.2 Å². The highest BCUT2D eigenvalue weighted by molar-refractivity contribution is 9.09. The topological polar surface area (TPSA) is 3.24 Å².